The molecule has 9 heteroatoms. The molecule has 0 spiro atoms. The van der Waals surface area contributed by atoms with Crippen LogP contribution in [0.4, 0.5) is 10.5 Å². The first-order valence-electron chi connectivity index (χ1n) is 11.3. The molecule has 2 aromatic carbocycles. The summed E-state index contributed by atoms with van der Waals surface area (Å²) in [7, 11) is 1.60. The van der Waals surface area contributed by atoms with Gasteiger partial charge in [0.25, 0.3) is 5.91 Å². The Balaban J connectivity index is 1.46. The second-order valence-corrected chi connectivity index (χ2v) is 9.63. The summed E-state index contributed by atoms with van der Waals surface area (Å²) in [6, 6.07) is 14.9. The molecular formula is C26H28N4O5. The number of carboxylic acid groups (broad SMARTS) is 1. The maximum absolute atomic E-state index is 12.8. The summed E-state index contributed by atoms with van der Waals surface area (Å²) in [4.78, 5) is 37.1. The quantitative estimate of drug-likeness (QED) is 0.494. The Hall–Kier alpha value is -4.14. The normalized spacial score (nSPS) is 13.5. The van der Waals surface area contributed by atoms with E-state index in [0.717, 1.165) is 22.3 Å². The average molecular weight is 477 g/mol. The van der Waals surface area contributed by atoms with Gasteiger partial charge in [0, 0.05) is 19.2 Å². The number of ether oxygens (including phenoxy) is 1. The van der Waals surface area contributed by atoms with Gasteiger partial charge in [-0.2, -0.15) is 5.10 Å². The first-order chi connectivity index (χ1) is 16.6. The molecule has 0 saturated heterocycles. The molecule has 0 bridgehead atoms. The van der Waals surface area contributed by atoms with Gasteiger partial charge >= 0.3 is 12.1 Å². The standard InChI is InChI=1S/C26H28N4O5/c1-26(2,3)22(24(32)33)28-23(31)21-20(13-30(4)29-21)27-25(34)35-14-19-17-11-7-5-9-15(17)16-10-6-8-12-18(16)19/h5-13,19,22H,14H2,1-4H3,(H,27,34)(H,28,31)(H,32,33)/t22-/m1/s1. The molecule has 2 amide bonds. The third-order valence-corrected chi connectivity index (χ3v) is 6.01. The van der Waals surface area contributed by atoms with Crippen LogP contribution in [0.1, 0.15) is 48.3 Å². The second-order valence-electron chi connectivity index (χ2n) is 9.63. The topological polar surface area (TPSA) is 123 Å². The lowest BCUT2D eigenvalue weighted by molar-refractivity contribution is -0.142. The molecule has 1 aliphatic rings. The minimum Gasteiger partial charge on any atom is -0.480 e. The van der Waals surface area contributed by atoms with Crippen LogP contribution in [0.15, 0.2) is 54.7 Å². The number of anilines is 1. The first kappa shape index (κ1) is 24.0. The van der Waals surface area contributed by atoms with Crippen LogP contribution in [0, 0.1) is 5.41 Å². The summed E-state index contributed by atoms with van der Waals surface area (Å²) in [5.74, 6) is -1.97. The molecule has 0 radical (unpaired) electrons. The van der Waals surface area contributed by atoms with E-state index in [1.165, 1.54) is 10.9 Å². The van der Waals surface area contributed by atoms with E-state index in [0.29, 0.717) is 0 Å². The molecule has 1 heterocycles. The maximum atomic E-state index is 12.8. The molecule has 0 fully saturated rings. The van der Waals surface area contributed by atoms with Gasteiger partial charge in [-0.25, -0.2) is 9.59 Å². The fourth-order valence-electron chi connectivity index (χ4n) is 4.34. The van der Waals surface area contributed by atoms with E-state index in [1.807, 2.05) is 36.4 Å². The van der Waals surface area contributed by atoms with Crippen LogP contribution in [-0.2, 0) is 16.6 Å². The molecule has 0 saturated carbocycles. The van der Waals surface area contributed by atoms with Gasteiger partial charge in [-0.3, -0.25) is 14.8 Å². The minimum atomic E-state index is -1.16. The summed E-state index contributed by atoms with van der Waals surface area (Å²) in [6.07, 6.45) is 0.725. The molecule has 1 aliphatic carbocycles. The van der Waals surface area contributed by atoms with E-state index in [2.05, 4.69) is 27.9 Å². The predicted molar refractivity (Wildman–Crippen MR) is 130 cm³/mol. The maximum Gasteiger partial charge on any atom is 0.411 e. The zero-order valence-corrected chi connectivity index (χ0v) is 20.0. The Morgan fingerprint density at radius 3 is 2.17 bits per heavy atom. The van der Waals surface area contributed by atoms with E-state index >= 15 is 0 Å². The summed E-state index contributed by atoms with van der Waals surface area (Å²) < 4.78 is 6.91. The number of carbonyl (C=O) groups excluding carboxylic acids is 2. The van der Waals surface area contributed by atoms with E-state index in [1.54, 1.807) is 27.8 Å². The van der Waals surface area contributed by atoms with E-state index in [4.69, 9.17) is 4.74 Å². The van der Waals surface area contributed by atoms with Crippen LogP contribution in [0.5, 0.6) is 0 Å². The number of nitrogens with one attached hydrogen (secondary N) is 2. The van der Waals surface area contributed by atoms with Gasteiger partial charge in [0.1, 0.15) is 12.6 Å². The molecule has 0 unspecified atom stereocenters. The lowest BCUT2D eigenvalue weighted by atomic mass is 9.86. The van der Waals surface area contributed by atoms with Crippen molar-refractivity contribution in [2.75, 3.05) is 11.9 Å². The van der Waals surface area contributed by atoms with Gasteiger partial charge in [0.2, 0.25) is 0 Å². The summed E-state index contributed by atoms with van der Waals surface area (Å²) in [6.45, 7) is 5.24. The van der Waals surface area contributed by atoms with E-state index < -0.39 is 29.4 Å². The van der Waals surface area contributed by atoms with Crippen molar-refractivity contribution in [2.24, 2.45) is 12.5 Å². The smallest absolute Gasteiger partial charge is 0.411 e. The number of rotatable bonds is 6. The average Bonchev–Trinajstić information content (AvgIpc) is 3.32. The van der Waals surface area contributed by atoms with Crippen molar-refractivity contribution >= 4 is 23.7 Å². The fourth-order valence-corrected chi connectivity index (χ4v) is 4.34. The monoisotopic (exact) mass is 476 g/mol. The number of hydrogen-bond acceptors (Lipinski definition) is 5. The highest BCUT2D eigenvalue weighted by atomic mass is 16.5. The number of aryl methyl sites for hydroxylation is 1. The van der Waals surface area contributed by atoms with Crippen LogP contribution in [-0.4, -0.2) is 45.5 Å². The fraction of sp³-hybridized carbons (Fsp3) is 0.308. The van der Waals surface area contributed by atoms with Gasteiger partial charge < -0.3 is 15.2 Å². The molecule has 3 aromatic rings. The highest BCUT2D eigenvalue weighted by molar-refractivity contribution is 6.02. The number of aliphatic carboxylic acids is 1. The molecule has 3 N–H and O–H groups in total. The number of fused-ring (bicyclic) bond motifs is 3. The second kappa shape index (κ2) is 9.25. The zero-order valence-electron chi connectivity index (χ0n) is 20.0. The van der Waals surface area contributed by atoms with Crippen molar-refractivity contribution in [3.63, 3.8) is 0 Å². The van der Waals surface area contributed by atoms with E-state index in [9.17, 15) is 19.5 Å². The molecule has 35 heavy (non-hydrogen) atoms. The Labute approximate surface area is 203 Å². The number of hydrogen-bond donors (Lipinski definition) is 3. The molecule has 182 valence electrons. The van der Waals surface area contributed by atoms with Crippen LogP contribution >= 0.6 is 0 Å². The van der Waals surface area contributed by atoms with Crippen molar-refractivity contribution in [3.05, 3.63) is 71.5 Å². The van der Waals surface area contributed by atoms with Gasteiger partial charge in [-0.15, -0.1) is 0 Å². The molecule has 9 nitrogen and oxygen atoms in total. The molecule has 1 atom stereocenters. The van der Waals surface area contributed by atoms with Gasteiger partial charge in [-0.1, -0.05) is 69.3 Å². The largest absolute Gasteiger partial charge is 0.480 e. The molecule has 4 rings (SSSR count). The summed E-state index contributed by atoms with van der Waals surface area (Å²) >= 11 is 0. The Morgan fingerprint density at radius 1 is 1.06 bits per heavy atom. The highest BCUT2D eigenvalue weighted by Gasteiger charge is 2.34. The third-order valence-electron chi connectivity index (χ3n) is 6.01. The molecular weight excluding hydrogens is 448 g/mol. The van der Waals surface area contributed by atoms with Crippen LogP contribution in [0.2, 0.25) is 0 Å². The Morgan fingerprint density at radius 2 is 1.63 bits per heavy atom. The number of carboxylic acids is 1. The van der Waals surface area contributed by atoms with Gasteiger partial charge in [0.05, 0.1) is 5.69 Å². The van der Waals surface area contributed by atoms with Crippen LogP contribution < -0.4 is 10.6 Å². The molecule has 0 aliphatic heterocycles. The number of nitrogens with zero attached hydrogens (tertiary/aromatic N) is 2. The Kier molecular flexibility index (Phi) is 6.34. The molecule has 1 aromatic heterocycles. The number of aromatic nitrogens is 2. The van der Waals surface area contributed by atoms with Crippen molar-refractivity contribution in [2.45, 2.75) is 32.7 Å². The number of amides is 2. The van der Waals surface area contributed by atoms with Crippen LogP contribution in [0.3, 0.4) is 0 Å². The van der Waals surface area contributed by atoms with Crippen molar-refractivity contribution < 1.29 is 24.2 Å². The lowest BCUT2D eigenvalue weighted by Gasteiger charge is -2.27. The lowest BCUT2D eigenvalue weighted by Crippen LogP contribution is -2.49. The minimum absolute atomic E-state index is 0.100. The van der Waals surface area contributed by atoms with Gasteiger partial charge in [-0.05, 0) is 27.7 Å². The Bertz CT molecular complexity index is 1250. The number of benzene rings is 2. The van der Waals surface area contributed by atoms with Crippen LogP contribution in [0.25, 0.3) is 11.1 Å². The predicted octanol–water partition coefficient (Wildman–Crippen LogP) is 4.01. The SMILES string of the molecule is Cn1cc(NC(=O)OCC2c3ccccc3-c3ccccc32)c(C(=O)N[C@H](C(=O)O)C(C)(C)C)n1. The van der Waals surface area contributed by atoms with Crippen molar-refractivity contribution in [1.29, 1.82) is 0 Å². The third kappa shape index (κ3) is 4.89. The summed E-state index contributed by atoms with van der Waals surface area (Å²) in [5, 5.41) is 18.7. The first-order valence-corrected chi connectivity index (χ1v) is 11.3. The zero-order chi connectivity index (χ0) is 25.3. The van der Waals surface area contributed by atoms with Gasteiger partial charge in [0.15, 0.2) is 5.69 Å². The van der Waals surface area contributed by atoms with Crippen molar-refractivity contribution in [1.82, 2.24) is 15.1 Å². The van der Waals surface area contributed by atoms with E-state index in [-0.39, 0.29) is 23.9 Å². The highest BCUT2D eigenvalue weighted by Crippen LogP contribution is 2.44. The number of carbonyl (C=O) groups is 3. The van der Waals surface area contributed by atoms with Crippen molar-refractivity contribution in [3.8, 4) is 11.1 Å². The summed E-state index contributed by atoms with van der Waals surface area (Å²) in [5.41, 5.74) is 3.72.